The molecule has 2 aromatic carbocycles. The van der Waals surface area contributed by atoms with Crippen molar-refractivity contribution in [3.05, 3.63) is 58.4 Å². The summed E-state index contributed by atoms with van der Waals surface area (Å²) in [6.07, 6.45) is 4.38. The first kappa shape index (κ1) is 22.0. The third-order valence-corrected chi connectivity index (χ3v) is 6.08. The molecule has 4 aromatic rings. The topological polar surface area (TPSA) is 80.0 Å². The number of aromatic nitrogens is 2. The van der Waals surface area contributed by atoms with Crippen LogP contribution in [0.4, 0.5) is 11.7 Å². The molecular formula is C25H28N4O2S. The van der Waals surface area contributed by atoms with Crippen LogP contribution in [0.1, 0.15) is 54.9 Å². The molecule has 32 heavy (non-hydrogen) atoms. The number of oxazole rings is 1. The van der Waals surface area contributed by atoms with Crippen LogP contribution in [0.5, 0.6) is 0 Å². The maximum atomic E-state index is 12.7. The summed E-state index contributed by atoms with van der Waals surface area (Å²) >= 11 is 1.61. The lowest BCUT2D eigenvalue weighted by molar-refractivity contribution is 0.102. The summed E-state index contributed by atoms with van der Waals surface area (Å²) in [5.41, 5.74) is 4.61. The van der Waals surface area contributed by atoms with Gasteiger partial charge in [0.2, 0.25) is 0 Å². The van der Waals surface area contributed by atoms with Gasteiger partial charge in [-0.25, -0.2) is 4.98 Å². The fourth-order valence-corrected chi connectivity index (χ4v) is 4.34. The van der Waals surface area contributed by atoms with Crippen LogP contribution in [-0.2, 0) is 0 Å². The minimum absolute atomic E-state index is 0.168. The first-order chi connectivity index (χ1) is 15.6. The van der Waals surface area contributed by atoms with Crippen LogP contribution in [0, 0.1) is 6.92 Å². The SMILES string of the molecule is CCCC(CCC)Nc1nc2cc(NC(=O)c3ccc(-c4csc(C)n4)cc3)ccc2o1. The van der Waals surface area contributed by atoms with Gasteiger partial charge in [-0.1, -0.05) is 38.8 Å². The van der Waals surface area contributed by atoms with E-state index in [4.69, 9.17) is 4.42 Å². The zero-order chi connectivity index (χ0) is 22.5. The number of anilines is 2. The van der Waals surface area contributed by atoms with Gasteiger partial charge in [0.05, 0.1) is 10.7 Å². The fourth-order valence-electron chi connectivity index (χ4n) is 3.72. The maximum Gasteiger partial charge on any atom is 0.295 e. The molecule has 0 saturated heterocycles. The lowest BCUT2D eigenvalue weighted by Gasteiger charge is -2.15. The van der Waals surface area contributed by atoms with Crippen molar-refractivity contribution >= 4 is 40.0 Å². The highest BCUT2D eigenvalue weighted by Gasteiger charge is 2.13. The number of nitrogens with zero attached hydrogens (tertiary/aromatic N) is 2. The van der Waals surface area contributed by atoms with Gasteiger partial charge in [0.25, 0.3) is 11.9 Å². The average Bonchev–Trinajstić information content (AvgIpc) is 3.39. The normalized spacial score (nSPS) is 11.2. The van der Waals surface area contributed by atoms with E-state index < -0.39 is 0 Å². The van der Waals surface area contributed by atoms with E-state index in [2.05, 4.69) is 34.4 Å². The van der Waals surface area contributed by atoms with Gasteiger partial charge in [-0.05, 0) is 50.1 Å². The minimum atomic E-state index is -0.168. The summed E-state index contributed by atoms with van der Waals surface area (Å²) in [5, 5.41) is 9.40. The van der Waals surface area contributed by atoms with Gasteiger partial charge >= 0.3 is 0 Å². The number of nitrogens with one attached hydrogen (secondary N) is 2. The van der Waals surface area contributed by atoms with E-state index in [0.717, 1.165) is 41.9 Å². The predicted octanol–water partition coefficient (Wildman–Crippen LogP) is 6.89. The number of fused-ring (bicyclic) bond motifs is 1. The van der Waals surface area contributed by atoms with E-state index in [1.165, 1.54) is 0 Å². The van der Waals surface area contributed by atoms with Crippen LogP contribution in [0.3, 0.4) is 0 Å². The number of hydrogen-bond donors (Lipinski definition) is 2. The van der Waals surface area contributed by atoms with E-state index in [1.807, 2.05) is 54.8 Å². The second kappa shape index (κ2) is 9.96. The van der Waals surface area contributed by atoms with Crippen molar-refractivity contribution in [3.63, 3.8) is 0 Å². The first-order valence-electron chi connectivity index (χ1n) is 11.1. The molecule has 2 aromatic heterocycles. The monoisotopic (exact) mass is 448 g/mol. The lowest BCUT2D eigenvalue weighted by Crippen LogP contribution is -2.18. The molecule has 0 aliphatic carbocycles. The highest BCUT2D eigenvalue weighted by molar-refractivity contribution is 7.09. The number of carbonyl (C=O) groups is 1. The quantitative estimate of drug-likeness (QED) is 0.291. The zero-order valence-corrected chi connectivity index (χ0v) is 19.5. The summed E-state index contributed by atoms with van der Waals surface area (Å²) in [6, 6.07) is 13.9. The molecule has 2 heterocycles. The highest BCUT2D eigenvalue weighted by atomic mass is 32.1. The van der Waals surface area contributed by atoms with Crippen molar-refractivity contribution in [2.24, 2.45) is 0 Å². The molecule has 0 unspecified atom stereocenters. The molecule has 1 amide bonds. The molecule has 0 spiro atoms. The standard InChI is InChI=1S/C25H28N4O2S/c1-4-6-19(7-5-2)28-25-29-21-14-20(12-13-23(21)31-25)27-24(30)18-10-8-17(9-11-18)22-15-32-16(3)26-22/h8-15,19H,4-7H2,1-3H3,(H,27,30)(H,28,29). The van der Waals surface area contributed by atoms with E-state index in [9.17, 15) is 4.79 Å². The van der Waals surface area contributed by atoms with Crippen LogP contribution in [0.2, 0.25) is 0 Å². The molecule has 6 nitrogen and oxygen atoms in total. The number of hydrogen-bond acceptors (Lipinski definition) is 6. The molecule has 166 valence electrons. The predicted molar refractivity (Wildman–Crippen MR) is 131 cm³/mol. The fraction of sp³-hybridized carbons (Fsp3) is 0.320. The van der Waals surface area contributed by atoms with Crippen LogP contribution in [-0.4, -0.2) is 21.9 Å². The summed E-state index contributed by atoms with van der Waals surface area (Å²) in [7, 11) is 0. The van der Waals surface area contributed by atoms with Gasteiger partial charge in [0.1, 0.15) is 5.52 Å². The summed E-state index contributed by atoms with van der Waals surface area (Å²) < 4.78 is 5.85. The molecule has 4 rings (SSSR count). The van der Waals surface area contributed by atoms with E-state index in [0.29, 0.717) is 34.4 Å². The Balaban J connectivity index is 1.45. The van der Waals surface area contributed by atoms with Gasteiger partial charge in [0, 0.05) is 28.2 Å². The van der Waals surface area contributed by atoms with Gasteiger partial charge in [-0.15, -0.1) is 11.3 Å². The number of thiazole rings is 1. The minimum Gasteiger partial charge on any atom is -0.424 e. The Labute approximate surface area is 192 Å². The van der Waals surface area contributed by atoms with Crippen molar-refractivity contribution < 1.29 is 9.21 Å². The summed E-state index contributed by atoms with van der Waals surface area (Å²) in [4.78, 5) is 21.8. The number of carbonyl (C=O) groups excluding carboxylic acids is 1. The molecular weight excluding hydrogens is 420 g/mol. The third kappa shape index (κ3) is 5.16. The molecule has 0 aliphatic heterocycles. The average molecular weight is 449 g/mol. The Morgan fingerprint density at radius 3 is 2.47 bits per heavy atom. The number of aryl methyl sites for hydroxylation is 1. The molecule has 0 bridgehead atoms. The Kier molecular flexibility index (Phi) is 6.85. The second-order valence-electron chi connectivity index (χ2n) is 7.90. The van der Waals surface area contributed by atoms with Gasteiger partial charge in [0.15, 0.2) is 5.58 Å². The van der Waals surface area contributed by atoms with Crippen molar-refractivity contribution in [2.45, 2.75) is 52.5 Å². The molecule has 0 atom stereocenters. The van der Waals surface area contributed by atoms with E-state index >= 15 is 0 Å². The zero-order valence-electron chi connectivity index (χ0n) is 18.6. The Morgan fingerprint density at radius 1 is 1.06 bits per heavy atom. The summed E-state index contributed by atoms with van der Waals surface area (Å²) in [6.45, 7) is 6.34. The van der Waals surface area contributed by atoms with Gasteiger partial charge < -0.3 is 15.1 Å². The molecule has 0 aliphatic rings. The Hall–Kier alpha value is -3.19. The largest absolute Gasteiger partial charge is 0.424 e. The Morgan fingerprint density at radius 2 is 1.81 bits per heavy atom. The van der Waals surface area contributed by atoms with Crippen molar-refractivity contribution in [1.82, 2.24) is 9.97 Å². The molecule has 0 saturated carbocycles. The molecule has 7 heteroatoms. The molecule has 0 fully saturated rings. The number of benzene rings is 2. The number of amides is 1. The van der Waals surface area contributed by atoms with Crippen molar-refractivity contribution in [2.75, 3.05) is 10.6 Å². The maximum absolute atomic E-state index is 12.7. The van der Waals surface area contributed by atoms with Crippen molar-refractivity contribution in [1.29, 1.82) is 0 Å². The smallest absolute Gasteiger partial charge is 0.295 e. The van der Waals surface area contributed by atoms with Gasteiger partial charge in [-0.3, -0.25) is 4.79 Å². The van der Waals surface area contributed by atoms with Gasteiger partial charge in [-0.2, -0.15) is 4.98 Å². The highest BCUT2D eigenvalue weighted by Crippen LogP contribution is 2.25. The lowest BCUT2D eigenvalue weighted by atomic mass is 10.1. The van der Waals surface area contributed by atoms with Crippen molar-refractivity contribution in [3.8, 4) is 11.3 Å². The Bertz CT molecular complexity index is 1190. The van der Waals surface area contributed by atoms with E-state index in [1.54, 1.807) is 11.3 Å². The van der Waals surface area contributed by atoms with Crippen LogP contribution < -0.4 is 10.6 Å². The third-order valence-electron chi connectivity index (χ3n) is 5.31. The van der Waals surface area contributed by atoms with Crippen LogP contribution >= 0.6 is 11.3 Å². The molecule has 0 radical (unpaired) electrons. The van der Waals surface area contributed by atoms with Crippen LogP contribution in [0.15, 0.2) is 52.3 Å². The van der Waals surface area contributed by atoms with Crippen LogP contribution in [0.25, 0.3) is 22.4 Å². The first-order valence-corrected chi connectivity index (χ1v) is 11.9. The second-order valence-corrected chi connectivity index (χ2v) is 8.97. The van der Waals surface area contributed by atoms with E-state index in [-0.39, 0.29) is 5.91 Å². The number of rotatable bonds is 9. The summed E-state index contributed by atoms with van der Waals surface area (Å²) in [5.74, 6) is -0.168. The molecule has 2 N–H and O–H groups in total.